The second kappa shape index (κ2) is 9.01. The lowest BCUT2D eigenvalue weighted by atomic mass is 9.98. The molecule has 0 amide bonds. The van der Waals surface area contributed by atoms with E-state index in [-0.39, 0.29) is 5.75 Å². The molecule has 1 saturated heterocycles. The van der Waals surface area contributed by atoms with Crippen molar-refractivity contribution in [1.29, 1.82) is 0 Å². The molecule has 0 bridgehead atoms. The molecule has 0 spiro atoms. The molecule has 4 nitrogen and oxygen atoms in total. The van der Waals surface area contributed by atoms with Crippen LogP contribution in [0.3, 0.4) is 0 Å². The van der Waals surface area contributed by atoms with E-state index < -0.39 is 0 Å². The summed E-state index contributed by atoms with van der Waals surface area (Å²) >= 11 is 0. The predicted octanol–water partition coefficient (Wildman–Crippen LogP) is 3.74. The lowest BCUT2D eigenvalue weighted by molar-refractivity contribution is 0.0883. The molecule has 1 aliphatic heterocycles. The Hall–Kier alpha value is -1.26. The normalized spacial score (nSPS) is 17.4. The van der Waals surface area contributed by atoms with Gasteiger partial charge in [0.25, 0.3) is 0 Å². The van der Waals surface area contributed by atoms with E-state index in [1.165, 1.54) is 24.8 Å². The van der Waals surface area contributed by atoms with Gasteiger partial charge in [0.15, 0.2) is 11.5 Å². The molecule has 1 aliphatic rings. The minimum Gasteiger partial charge on any atom is -0.504 e. The van der Waals surface area contributed by atoms with Gasteiger partial charge in [0.2, 0.25) is 0 Å². The van der Waals surface area contributed by atoms with Crippen molar-refractivity contribution < 1.29 is 14.6 Å². The van der Waals surface area contributed by atoms with Gasteiger partial charge in [-0.3, -0.25) is 4.90 Å². The first kappa shape index (κ1) is 17.1. The summed E-state index contributed by atoms with van der Waals surface area (Å²) in [4.78, 5) is 2.55. The average molecular weight is 307 g/mol. The Balaban J connectivity index is 2.11. The second-order valence-corrected chi connectivity index (χ2v) is 5.94. The van der Waals surface area contributed by atoms with Crippen molar-refractivity contribution in [2.24, 2.45) is 0 Å². The number of ether oxygens (including phenoxy) is 2. The third-order valence-electron chi connectivity index (χ3n) is 4.30. The fourth-order valence-corrected chi connectivity index (χ4v) is 3.13. The van der Waals surface area contributed by atoms with E-state index in [1.54, 1.807) is 13.2 Å². The largest absolute Gasteiger partial charge is 0.504 e. The molecule has 1 aromatic carbocycles. The molecule has 1 heterocycles. The number of aromatic hydroxyl groups is 1. The molecule has 1 fully saturated rings. The van der Waals surface area contributed by atoms with E-state index >= 15 is 0 Å². The maximum atomic E-state index is 9.81. The number of benzene rings is 1. The Bertz CT molecular complexity index is 444. The molecule has 1 aromatic rings. The van der Waals surface area contributed by atoms with Crippen LogP contribution in [0.25, 0.3) is 0 Å². The van der Waals surface area contributed by atoms with Crippen molar-refractivity contribution in [3.8, 4) is 11.5 Å². The third-order valence-corrected chi connectivity index (χ3v) is 4.30. The third kappa shape index (κ3) is 4.62. The lowest BCUT2D eigenvalue weighted by Gasteiger charge is -2.35. The highest BCUT2D eigenvalue weighted by Gasteiger charge is 2.23. The summed E-state index contributed by atoms with van der Waals surface area (Å²) in [5.41, 5.74) is 1.21. The summed E-state index contributed by atoms with van der Waals surface area (Å²) in [6.07, 6.45) is 5.90. The highest BCUT2D eigenvalue weighted by Crippen LogP contribution is 2.33. The molecule has 1 N–H and O–H groups in total. The van der Waals surface area contributed by atoms with E-state index in [0.717, 1.165) is 39.1 Å². The number of phenols is 1. The summed E-state index contributed by atoms with van der Waals surface area (Å²) in [6, 6.07) is 6.05. The smallest absolute Gasteiger partial charge is 0.160 e. The lowest BCUT2D eigenvalue weighted by Crippen LogP contribution is -2.34. The molecule has 4 heteroatoms. The van der Waals surface area contributed by atoms with Crippen molar-refractivity contribution >= 4 is 0 Å². The first-order valence-corrected chi connectivity index (χ1v) is 8.45. The highest BCUT2D eigenvalue weighted by molar-refractivity contribution is 5.42. The molecule has 22 heavy (non-hydrogen) atoms. The van der Waals surface area contributed by atoms with Gasteiger partial charge in [0, 0.05) is 19.3 Å². The van der Waals surface area contributed by atoms with Crippen LogP contribution >= 0.6 is 0 Å². The SMILES string of the molecule is CCCOCCC(c1ccc(O)c(OC)c1)N1CCCCC1. The van der Waals surface area contributed by atoms with Crippen molar-refractivity contribution in [3.63, 3.8) is 0 Å². The fourth-order valence-electron chi connectivity index (χ4n) is 3.13. The zero-order valence-electron chi connectivity index (χ0n) is 13.9. The number of likely N-dealkylation sites (tertiary alicyclic amines) is 1. The number of phenolic OH excluding ortho intramolecular Hbond substituents is 1. The van der Waals surface area contributed by atoms with Gasteiger partial charge in [-0.2, -0.15) is 0 Å². The van der Waals surface area contributed by atoms with Crippen molar-refractivity contribution in [2.75, 3.05) is 33.4 Å². The molecule has 124 valence electrons. The number of hydrogen-bond acceptors (Lipinski definition) is 4. The van der Waals surface area contributed by atoms with Gasteiger partial charge in [-0.05, 0) is 56.5 Å². The van der Waals surface area contributed by atoms with Crippen LogP contribution in [0.4, 0.5) is 0 Å². The predicted molar refractivity (Wildman–Crippen MR) is 88.6 cm³/mol. The van der Waals surface area contributed by atoms with E-state index in [4.69, 9.17) is 9.47 Å². The molecule has 1 unspecified atom stereocenters. The van der Waals surface area contributed by atoms with Gasteiger partial charge < -0.3 is 14.6 Å². The number of nitrogens with zero attached hydrogens (tertiary/aromatic N) is 1. The summed E-state index contributed by atoms with van der Waals surface area (Å²) in [6.45, 7) is 6.01. The quantitative estimate of drug-likeness (QED) is 0.743. The minimum absolute atomic E-state index is 0.200. The molecular weight excluding hydrogens is 278 g/mol. The van der Waals surface area contributed by atoms with Gasteiger partial charge in [0.1, 0.15) is 0 Å². The highest BCUT2D eigenvalue weighted by atomic mass is 16.5. The summed E-state index contributed by atoms with van der Waals surface area (Å²) < 4.78 is 11.0. The van der Waals surface area contributed by atoms with Crippen LogP contribution in [0, 0.1) is 0 Å². The van der Waals surface area contributed by atoms with E-state index in [1.807, 2.05) is 12.1 Å². The van der Waals surface area contributed by atoms with Crippen LogP contribution in [-0.2, 0) is 4.74 Å². The van der Waals surface area contributed by atoms with E-state index in [2.05, 4.69) is 11.8 Å². The number of methoxy groups -OCH3 is 1. The Morgan fingerprint density at radius 2 is 1.95 bits per heavy atom. The zero-order valence-corrected chi connectivity index (χ0v) is 13.9. The fraction of sp³-hybridized carbons (Fsp3) is 0.667. The molecule has 0 saturated carbocycles. The van der Waals surface area contributed by atoms with E-state index in [0.29, 0.717) is 11.8 Å². The van der Waals surface area contributed by atoms with Crippen LogP contribution < -0.4 is 4.74 Å². The van der Waals surface area contributed by atoms with Crippen LogP contribution in [0.15, 0.2) is 18.2 Å². The van der Waals surface area contributed by atoms with Crippen molar-refractivity contribution in [3.05, 3.63) is 23.8 Å². The molecule has 2 rings (SSSR count). The van der Waals surface area contributed by atoms with Gasteiger partial charge in [0.05, 0.1) is 7.11 Å². The van der Waals surface area contributed by atoms with Crippen LogP contribution in [0.1, 0.15) is 50.6 Å². The van der Waals surface area contributed by atoms with Gasteiger partial charge in [-0.1, -0.05) is 19.4 Å². The van der Waals surface area contributed by atoms with Crippen LogP contribution in [-0.4, -0.2) is 43.4 Å². The van der Waals surface area contributed by atoms with Crippen LogP contribution in [0.5, 0.6) is 11.5 Å². The summed E-state index contributed by atoms with van der Waals surface area (Å²) in [5.74, 6) is 0.750. The first-order chi connectivity index (χ1) is 10.8. The maximum Gasteiger partial charge on any atom is 0.160 e. The minimum atomic E-state index is 0.200. The second-order valence-electron chi connectivity index (χ2n) is 5.94. The zero-order chi connectivity index (χ0) is 15.8. The number of piperidine rings is 1. The van der Waals surface area contributed by atoms with Crippen molar-refractivity contribution in [2.45, 2.75) is 45.1 Å². The standard InChI is InChI=1S/C18H29NO3/c1-3-12-22-13-9-16(19-10-5-4-6-11-19)15-7-8-17(20)18(14-15)21-2/h7-8,14,16,20H,3-6,9-13H2,1-2H3. The first-order valence-electron chi connectivity index (χ1n) is 8.45. The molecular formula is C18H29NO3. The Labute approximate surface area is 134 Å². The number of hydrogen-bond donors (Lipinski definition) is 1. The molecule has 1 atom stereocenters. The summed E-state index contributed by atoms with van der Waals surface area (Å²) in [5, 5.41) is 9.81. The number of rotatable bonds is 8. The van der Waals surface area contributed by atoms with E-state index in [9.17, 15) is 5.11 Å². The topological polar surface area (TPSA) is 41.9 Å². The molecule has 0 aromatic heterocycles. The molecule has 0 radical (unpaired) electrons. The monoisotopic (exact) mass is 307 g/mol. The molecule has 0 aliphatic carbocycles. The van der Waals surface area contributed by atoms with Gasteiger partial charge in [-0.15, -0.1) is 0 Å². The van der Waals surface area contributed by atoms with Gasteiger partial charge in [-0.25, -0.2) is 0 Å². The maximum absolute atomic E-state index is 9.81. The Morgan fingerprint density at radius 1 is 1.18 bits per heavy atom. The van der Waals surface area contributed by atoms with Crippen LogP contribution in [0.2, 0.25) is 0 Å². The van der Waals surface area contributed by atoms with Gasteiger partial charge >= 0.3 is 0 Å². The summed E-state index contributed by atoms with van der Waals surface area (Å²) in [7, 11) is 1.60. The van der Waals surface area contributed by atoms with Crippen molar-refractivity contribution in [1.82, 2.24) is 4.90 Å². The Morgan fingerprint density at radius 3 is 2.64 bits per heavy atom. The Kier molecular flexibility index (Phi) is 7.00. The average Bonchev–Trinajstić information content (AvgIpc) is 2.56.